The van der Waals surface area contributed by atoms with Gasteiger partial charge in [0.05, 0.1) is 17.4 Å². The third-order valence-corrected chi connectivity index (χ3v) is 3.38. The molecule has 2 aromatic rings. The van der Waals surface area contributed by atoms with Gasteiger partial charge in [-0.1, -0.05) is 0 Å². The van der Waals surface area contributed by atoms with Crippen LogP contribution in [0, 0.1) is 0 Å². The van der Waals surface area contributed by atoms with Gasteiger partial charge in [-0.2, -0.15) is 11.3 Å². The van der Waals surface area contributed by atoms with Gasteiger partial charge in [-0.15, -0.1) is 0 Å². The summed E-state index contributed by atoms with van der Waals surface area (Å²) in [7, 11) is 0. The minimum atomic E-state index is -0.997. The smallest absolute Gasteiger partial charge is 0.337 e. The second kappa shape index (κ2) is 6.42. The Hall–Kier alpha value is -1.76. The van der Waals surface area contributed by atoms with Crippen molar-refractivity contribution < 1.29 is 15.0 Å². The summed E-state index contributed by atoms with van der Waals surface area (Å²) in [5.74, 6) is -0.997. The standard InChI is InChI=1S/C13H14N2O3S/c16-12(9-3-5-19-8-9)7-14-6-11-10(13(17)18)2-1-4-15-11/h1-5,8,12,14,16H,6-7H2,(H,17,18). The van der Waals surface area contributed by atoms with Crippen LogP contribution >= 0.6 is 11.3 Å². The van der Waals surface area contributed by atoms with Gasteiger partial charge in [0, 0.05) is 19.3 Å². The monoisotopic (exact) mass is 278 g/mol. The predicted octanol–water partition coefficient (Wildman–Crippen LogP) is 1.66. The van der Waals surface area contributed by atoms with E-state index >= 15 is 0 Å². The molecule has 0 amide bonds. The van der Waals surface area contributed by atoms with E-state index in [1.54, 1.807) is 12.3 Å². The van der Waals surface area contributed by atoms with Crippen LogP contribution in [0.15, 0.2) is 35.2 Å². The number of aliphatic hydroxyl groups excluding tert-OH is 1. The van der Waals surface area contributed by atoms with Crippen molar-refractivity contribution in [1.82, 2.24) is 10.3 Å². The molecule has 5 nitrogen and oxygen atoms in total. The number of nitrogens with one attached hydrogen (secondary N) is 1. The summed E-state index contributed by atoms with van der Waals surface area (Å²) < 4.78 is 0. The molecule has 2 aromatic heterocycles. The van der Waals surface area contributed by atoms with Crippen molar-refractivity contribution in [3.63, 3.8) is 0 Å². The molecule has 0 aromatic carbocycles. The van der Waals surface area contributed by atoms with E-state index in [9.17, 15) is 9.90 Å². The zero-order valence-corrected chi connectivity index (χ0v) is 10.9. The first-order valence-corrected chi connectivity index (χ1v) is 6.71. The first kappa shape index (κ1) is 13.7. The molecule has 0 radical (unpaired) electrons. The molecule has 0 saturated carbocycles. The van der Waals surface area contributed by atoms with E-state index in [0.29, 0.717) is 18.8 Å². The van der Waals surface area contributed by atoms with Crippen molar-refractivity contribution in [2.24, 2.45) is 0 Å². The van der Waals surface area contributed by atoms with E-state index < -0.39 is 12.1 Å². The topological polar surface area (TPSA) is 82.5 Å². The van der Waals surface area contributed by atoms with Crippen LogP contribution in [0.5, 0.6) is 0 Å². The van der Waals surface area contributed by atoms with Crippen molar-refractivity contribution >= 4 is 17.3 Å². The zero-order chi connectivity index (χ0) is 13.7. The van der Waals surface area contributed by atoms with Crippen LogP contribution in [0.4, 0.5) is 0 Å². The van der Waals surface area contributed by atoms with E-state index in [-0.39, 0.29) is 5.56 Å². The van der Waals surface area contributed by atoms with Gasteiger partial charge in [0.15, 0.2) is 0 Å². The lowest BCUT2D eigenvalue weighted by Gasteiger charge is -2.11. The highest BCUT2D eigenvalue weighted by Gasteiger charge is 2.11. The van der Waals surface area contributed by atoms with Gasteiger partial charge in [0.25, 0.3) is 0 Å². The molecule has 0 aliphatic rings. The Bertz CT molecular complexity index is 543. The quantitative estimate of drug-likeness (QED) is 0.748. The van der Waals surface area contributed by atoms with E-state index in [1.165, 1.54) is 17.4 Å². The molecule has 0 aliphatic carbocycles. The second-order valence-corrected chi connectivity index (χ2v) is 4.79. The molecule has 100 valence electrons. The summed E-state index contributed by atoms with van der Waals surface area (Å²) in [5, 5.41) is 25.7. The fraction of sp³-hybridized carbons (Fsp3) is 0.231. The van der Waals surface area contributed by atoms with Crippen molar-refractivity contribution in [1.29, 1.82) is 0 Å². The largest absolute Gasteiger partial charge is 0.478 e. The number of carbonyl (C=O) groups is 1. The van der Waals surface area contributed by atoms with Crippen LogP contribution in [-0.4, -0.2) is 27.7 Å². The first-order chi connectivity index (χ1) is 9.18. The molecule has 1 atom stereocenters. The van der Waals surface area contributed by atoms with Crippen molar-refractivity contribution in [3.8, 4) is 0 Å². The number of aromatic nitrogens is 1. The number of aliphatic hydroxyl groups is 1. The highest BCUT2D eigenvalue weighted by atomic mass is 32.1. The third-order valence-electron chi connectivity index (χ3n) is 2.68. The molecular formula is C13H14N2O3S. The summed E-state index contributed by atoms with van der Waals surface area (Å²) in [6.07, 6.45) is 0.960. The number of carboxylic acid groups (broad SMARTS) is 1. The Morgan fingerprint density at radius 1 is 1.47 bits per heavy atom. The van der Waals surface area contributed by atoms with Gasteiger partial charge in [-0.3, -0.25) is 4.98 Å². The highest BCUT2D eigenvalue weighted by Crippen LogP contribution is 2.15. The molecule has 0 spiro atoms. The average Bonchev–Trinajstić information content (AvgIpc) is 2.93. The lowest BCUT2D eigenvalue weighted by Crippen LogP contribution is -2.22. The number of rotatable bonds is 6. The van der Waals surface area contributed by atoms with Crippen molar-refractivity contribution in [3.05, 3.63) is 52.0 Å². The fourth-order valence-electron chi connectivity index (χ4n) is 1.68. The number of thiophene rings is 1. The number of aromatic carboxylic acids is 1. The number of nitrogens with zero attached hydrogens (tertiary/aromatic N) is 1. The Morgan fingerprint density at radius 3 is 3.00 bits per heavy atom. The van der Waals surface area contributed by atoms with Gasteiger partial charge in [-0.05, 0) is 34.5 Å². The Labute approximate surface area is 114 Å². The molecule has 3 N–H and O–H groups in total. The maximum Gasteiger partial charge on any atom is 0.337 e. The van der Waals surface area contributed by atoms with Gasteiger partial charge in [-0.25, -0.2) is 4.79 Å². The average molecular weight is 278 g/mol. The molecule has 0 bridgehead atoms. The summed E-state index contributed by atoms with van der Waals surface area (Å²) in [5.41, 5.74) is 1.50. The van der Waals surface area contributed by atoms with E-state index in [4.69, 9.17) is 5.11 Å². The number of hydrogen-bond acceptors (Lipinski definition) is 5. The van der Waals surface area contributed by atoms with Gasteiger partial charge >= 0.3 is 5.97 Å². The van der Waals surface area contributed by atoms with Crippen molar-refractivity contribution in [2.75, 3.05) is 6.54 Å². The number of carboxylic acids is 1. The van der Waals surface area contributed by atoms with E-state index in [2.05, 4.69) is 10.3 Å². The molecule has 2 rings (SSSR count). The first-order valence-electron chi connectivity index (χ1n) is 5.76. The molecule has 0 saturated heterocycles. The predicted molar refractivity (Wildman–Crippen MR) is 72.2 cm³/mol. The SMILES string of the molecule is O=C(O)c1cccnc1CNCC(O)c1ccsc1. The van der Waals surface area contributed by atoms with Crippen LogP contribution in [-0.2, 0) is 6.54 Å². The normalized spacial score (nSPS) is 12.3. The van der Waals surface area contributed by atoms with Crippen LogP contribution in [0.1, 0.15) is 27.7 Å². The van der Waals surface area contributed by atoms with Gasteiger partial charge in [0.2, 0.25) is 0 Å². The molecule has 2 heterocycles. The van der Waals surface area contributed by atoms with Crippen LogP contribution in [0.2, 0.25) is 0 Å². The Kier molecular flexibility index (Phi) is 4.62. The molecule has 1 unspecified atom stereocenters. The fourth-order valence-corrected chi connectivity index (χ4v) is 2.39. The molecule has 0 aliphatic heterocycles. The van der Waals surface area contributed by atoms with E-state index in [1.807, 2.05) is 16.8 Å². The van der Waals surface area contributed by atoms with Crippen molar-refractivity contribution in [2.45, 2.75) is 12.6 Å². The maximum atomic E-state index is 11.0. The van der Waals surface area contributed by atoms with E-state index in [0.717, 1.165) is 5.56 Å². The second-order valence-electron chi connectivity index (χ2n) is 4.01. The molecule has 0 fully saturated rings. The zero-order valence-electron chi connectivity index (χ0n) is 10.1. The maximum absolute atomic E-state index is 11.0. The van der Waals surface area contributed by atoms with Gasteiger partial charge < -0.3 is 15.5 Å². The Balaban J connectivity index is 1.91. The molecular weight excluding hydrogens is 264 g/mol. The summed E-state index contributed by atoms with van der Waals surface area (Å²) >= 11 is 1.53. The molecule has 6 heteroatoms. The van der Waals surface area contributed by atoms with Gasteiger partial charge in [0.1, 0.15) is 0 Å². The summed E-state index contributed by atoms with van der Waals surface area (Å²) in [4.78, 5) is 15.0. The lowest BCUT2D eigenvalue weighted by atomic mass is 10.1. The summed E-state index contributed by atoms with van der Waals surface area (Å²) in [6.45, 7) is 0.663. The molecule has 19 heavy (non-hydrogen) atoms. The number of pyridine rings is 1. The Morgan fingerprint density at radius 2 is 2.32 bits per heavy atom. The lowest BCUT2D eigenvalue weighted by molar-refractivity contribution is 0.0695. The number of hydrogen-bond donors (Lipinski definition) is 3. The van der Waals surface area contributed by atoms with Crippen LogP contribution in [0.25, 0.3) is 0 Å². The minimum Gasteiger partial charge on any atom is -0.478 e. The minimum absolute atomic E-state index is 0.181. The summed E-state index contributed by atoms with van der Waals surface area (Å²) in [6, 6.07) is 4.97. The van der Waals surface area contributed by atoms with Crippen LogP contribution < -0.4 is 5.32 Å². The van der Waals surface area contributed by atoms with Crippen LogP contribution in [0.3, 0.4) is 0 Å². The highest BCUT2D eigenvalue weighted by molar-refractivity contribution is 7.07. The third kappa shape index (κ3) is 3.60.